The number of aromatic nitrogens is 1. The van der Waals surface area contributed by atoms with Crippen molar-refractivity contribution in [2.75, 3.05) is 27.2 Å². The van der Waals surface area contributed by atoms with Crippen LogP contribution in [0.4, 0.5) is 4.39 Å². The number of hydrogen-bond donors (Lipinski definition) is 2. The second-order valence-electron chi connectivity index (χ2n) is 5.96. The molecular weight excluding hydrogens is 309 g/mol. The van der Waals surface area contributed by atoms with Crippen LogP contribution in [0.3, 0.4) is 0 Å². The van der Waals surface area contributed by atoms with Crippen LogP contribution in [0.5, 0.6) is 0 Å². The summed E-state index contributed by atoms with van der Waals surface area (Å²) in [6, 6.07) is 8.95. The van der Waals surface area contributed by atoms with Gasteiger partial charge in [-0.3, -0.25) is 9.59 Å². The molecule has 124 valence electrons. The van der Waals surface area contributed by atoms with E-state index in [0.717, 1.165) is 6.54 Å². The predicted molar refractivity (Wildman–Crippen MR) is 92.9 cm³/mol. The molecule has 0 fully saturated rings. The first kappa shape index (κ1) is 16.1. The number of amides is 1. The summed E-state index contributed by atoms with van der Waals surface area (Å²) in [5, 5.41) is 3.45. The van der Waals surface area contributed by atoms with Crippen LogP contribution in [-0.2, 0) is 0 Å². The van der Waals surface area contributed by atoms with E-state index in [1.807, 2.05) is 19.0 Å². The maximum absolute atomic E-state index is 13.4. The molecule has 5 nitrogen and oxygen atoms in total. The minimum Gasteiger partial charge on any atom is -0.354 e. The van der Waals surface area contributed by atoms with E-state index in [4.69, 9.17) is 0 Å². The van der Waals surface area contributed by atoms with Crippen LogP contribution in [0.2, 0.25) is 0 Å². The summed E-state index contributed by atoms with van der Waals surface area (Å²) < 4.78 is 13.4. The number of likely N-dealkylation sites (N-methyl/N-ethyl adjacent to an activating group) is 1. The number of halogens is 1. The SMILES string of the molecule is CN(C)CCNC(=O)c1ccc2[nH]c3ccc(F)cc3c(=O)c2c1. The molecule has 0 unspecified atom stereocenters. The Kier molecular flexibility index (Phi) is 4.31. The van der Waals surface area contributed by atoms with E-state index < -0.39 is 5.82 Å². The van der Waals surface area contributed by atoms with Gasteiger partial charge in [0.1, 0.15) is 5.82 Å². The lowest BCUT2D eigenvalue weighted by molar-refractivity contribution is 0.0951. The van der Waals surface area contributed by atoms with Gasteiger partial charge in [0.05, 0.1) is 0 Å². The van der Waals surface area contributed by atoms with E-state index in [2.05, 4.69) is 10.3 Å². The van der Waals surface area contributed by atoms with Crippen molar-refractivity contribution in [3.8, 4) is 0 Å². The number of carbonyl (C=O) groups is 1. The smallest absolute Gasteiger partial charge is 0.251 e. The minimum absolute atomic E-state index is 0.238. The fraction of sp³-hybridized carbons (Fsp3) is 0.222. The van der Waals surface area contributed by atoms with Crippen LogP contribution in [-0.4, -0.2) is 43.0 Å². The third-order valence-corrected chi connectivity index (χ3v) is 3.87. The number of nitrogens with one attached hydrogen (secondary N) is 2. The second kappa shape index (κ2) is 6.41. The Labute approximate surface area is 138 Å². The predicted octanol–water partition coefficient (Wildman–Crippen LogP) is 2.11. The van der Waals surface area contributed by atoms with Crippen LogP contribution >= 0.6 is 0 Å². The molecule has 0 saturated heterocycles. The van der Waals surface area contributed by atoms with Crippen LogP contribution in [0, 0.1) is 5.82 Å². The Hall–Kier alpha value is -2.73. The monoisotopic (exact) mass is 327 g/mol. The first-order valence-corrected chi connectivity index (χ1v) is 7.64. The molecule has 0 aliphatic heterocycles. The summed E-state index contributed by atoms with van der Waals surface area (Å²) in [6.07, 6.45) is 0. The molecule has 3 rings (SSSR count). The molecule has 1 heterocycles. The standard InChI is InChI=1S/C18H18FN3O2/c1-22(2)8-7-20-18(24)11-3-5-15-13(9-11)17(23)14-10-12(19)4-6-16(14)21-15/h3-6,9-10H,7-8H2,1-2H3,(H,20,24)(H,21,23). The Balaban J connectivity index is 2.01. The van der Waals surface area contributed by atoms with E-state index in [1.54, 1.807) is 18.2 Å². The number of rotatable bonds is 4. The molecule has 3 aromatic rings. The van der Waals surface area contributed by atoms with Crippen LogP contribution in [0.1, 0.15) is 10.4 Å². The zero-order valence-electron chi connectivity index (χ0n) is 13.5. The van der Waals surface area contributed by atoms with Crippen LogP contribution < -0.4 is 10.7 Å². The molecule has 0 atom stereocenters. The van der Waals surface area contributed by atoms with Crippen molar-refractivity contribution in [1.29, 1.82) is 0 Å². The quantitative estimate of drug-likeness (QED) is 0.721. The number of carbonyl (C=O) groups excluding carboxylic acids is 1. The topological polar surface area (TPSA) is 65.2 Å². The summed E-state index contributed by atoms with van der Waals surface area (Å²) in [5.41, 5.74) is 1.30. The first-order valence-electron chi connectivity index (χ1n) is 7.64. The number of aromatic amines is 1. The fourth-order valence-corrected chi connectivity index (χ4v) is 2.58. The van der Waals surface area contributed by atoms with E-state index >= 15 is 0 Å². The van der Waals surface area contributed by atoms with Gasteiger partial charge in [-0.1, -0.05) is 0 Å². The first-order chi connectivity index (χ1) is 11.5. The number of H-pyrrole nitrogens is 1. The molecule has 0 radical (unpaired) electrons. The van der Waals surface area contributed by atoms with Gasteiger partial charge in [0.2, 0.25) is 0 Å². The lowest BCUT2D eigenvalue weighted by atomic mass is 10.1. The Bertz CT molecular complexity index is 979. The van der Waals surface area contributed by atoms with E-state index in [-0.39, 0.29) is 16.7 Å². The van der Waals surface area contributed by atoms with Crippen molar-refractivity contribution < 1.29 is 9.18 Å². The molecule has 2 aromatic carbocycles. The Morgan fingerprint density at radius 3 is 2.50 bits per heavy atom. The van der Waals surface area contributed by atoms with E-state index in [9.17, 15) is 14.0 Å². The Morgan fingerprint density at radius 1 is 1.12 bits per heavy atom. The van der Waals surface area contributed by atoms with Crippen molar-refractivity contribution in [1.82, 2.24) is 15.2 Å². The maximum atomic E-state index is 13.4. The molecular formula is C18H18FN3O2. The lowest BCUT2D eigenvalue weighted by Gasteiger charge is -2.11. The Morgan fingerprint density at radius 2 is 1.79 bits per heavy atom. The molecule has 0 aliphatic carbocycles. The highest BCUT2D eigenvalue weighted by molar-refractivity contribution is 6.00. The molecule has 1 aromatic heterocycles. The maximum Gasteiger partial charge on any atom is 0.251 e. The molecule has 0 saturated carbocycles. The van der Waals surface area contributed by atoms with Crippen molar-refractivity contribution in [3.05, 3.63) is 58.0 Å². The second-order valence-corrected chi connectivity index (χ2v) is 5.96. The molecule has 1 amide bonds. The highest BCUT2D eigenvalue weighted by atomic mass is 19.1. The summed E-state index contributed by atoms with van der Waals surface area (Å²) in [6.45, 7) is 1.24. The average Bonchev–Trinajstić information content (AvgIpc) is 2.55. The largest absolute Gasteiger partial charge is 0.354 e. The summed E-state index contributed by atoms with van der Waals surface area (Å²) >= 11 is 0. The molecule has 24 heavy (non-hydrogen) atoms. The molecule has 2 N–H and O–H groups in total. The van der Waals surface area contributed by atoms with Gasteiger partial charge in [-0.15, -0.1) is 0 Å². The lowest BCUT2D eigenvalue weighted by Crippen LogP contribution is -2.31. The summed E-state index contributed by atoms with van der Waals surface area (Å²) in [5.74, 6) is -0.706. The number of benzene rings is 2. The zero-order chi connectivity index (χ0) is 17.3. The van der Waals surface area contributed by atoms with Gasteiger partial charge in [0, 0.05) is 40.5 Å². The van der Waals surface area contributed by atoms with Gasteiger partial charge in [-0.25, -0.2) is 4.39 Å². The fourth-order valence-electron chi connectivity index (χ4n) is 2.58. The van der Waals surface area contributed by atoms with Crippen molar-refractivity contribution in [3.63, 3.8) is 0 Å². The molecule has 6 heteroatoms. The van der Waals surface area contributed by atoms with Gasteiger partial charge < -0.3 is 15.2 Å². The van der Waals surface area contributed by atoms with Crippen molar-refractivity contribution >= 4 is 27.7 Å². The highest BCUT2D eigenvalue weighted by Gasteiger charge is 2.10. The molecule has 0 aliphatic rings. The van der Waals surface area contributed by atoms with Gasteiger partial charge in [0.15, 0.2) is 5.43 Å². The normalized spacial score (nSPS) is 11.3. The van der Waals surface area contributed by atoms with E-state index in [0.29, 0.717) is 28.5 Å². The summed E-state index contributed by atoms with van der Waals surface area (Å²) in [4.78, 5) is 29.9. The average molecular weight is 327 g/mol. The van der Waals surface area contributed by atoms with Crippen LogP contribution in [0.15, 0.2) is 41.2 Å². The van der Waals surface area contributed by atoms with Gasteiger partial charge in [-0.2, -0.15) is 0 Å². The molecule has 0 bridgehead atoms. The third kappa shape index (κ3) is 3.14. The van der Waals surface area contributed by atoms with Crippen LogP contribution in [0.25, 0.3) is 21.8 Å². The van der Waals surface area contributed by atoms with Gasteiger partial charge in [-0.05, 0) is 50.5 Å². The number of nitrogens with zero attached hydrogens (tertiary/aromatic N) is 1. The van der Waals surface area contributed by atoms with Crippen molar-refractivity contribution in [2.45, 2.75) is 0 Å². The minimum atomic E-state index is -0.468. The van der Waals surface area contributed by atoms with Gasteiger partial charge in [0.25, 0.3) is 5.91 Å². The van der Waals surface area contributed by atoms with E-state index in [1.165, 1.54) is 18.2 Å². The number of fused-ring (bicyclic) bond motifs is 2. The van der Waals surface area contributed by atoms with Gasteiger partial charge >= 0.3 is 0 Å². The third-order valence-electron chi connectivity index (χ3n) is 3.87. The highest BCUT2D eigenvalue weighted by Crippen LogP contribution is 2.17. The summed E-state index contributed by atoms with van der Waals surface area (Å²) in [7, 11) is 3.85. The molecule has 0 spiro atoms. The zero-order valence-corrected chi connectivity index (χ0v) is 13.5. The number of hydrogen-bond acceptors (Lipinski definition) is 3. The number of pyridine rings is 1. The van der Waals surface area contributed by atoms with Crippen molar-refractivity contribution in [2.24, 2.45) is 0 Å².